The van der Waals surface area contributed by atoms with E-state index in [1.54, 1.807) is 36.4 Å². The third-order valence-corrected chi connectivity index (χ3v) is 4.09. The molecule has 0 atom stereocenters. The van der Waals surface area contributed by atoms with Gasteiger partial charge in [0.1, 0.15) is 11.6 Å². The largest absolute Gasteiger partial charge is 0.467 e. The van der Waals surface area contributed by atoms with Crippen molar-refractivity contribution in [3.05, 3.63) is 88.0 Å². The Morgan fingerprint density at radius 3 is 2.58 bits per heavy atom. The van der Waals surface area contributed by atoms with Crippen LogP contribution in [0.4, 0.5) is 10.1 Å². The number of para-hydroxylation sites is 1. The quantitative estimate of drug-likeness (QED) is 0.648. The van der Waals surface area contributed by atoms with Crippen molar-refractivity contribution < 1.29 is 18.4 Å². The van der Waals surface area contributed by atoms with Gasteiger partial charge in [0, 0.05) is 4.47 Å². The van der Waals surface area contributed by atoms with Crippen LogP contribution >= 0.6 is 15.9 Å². The van der Waals surface area contributed by atoms with Gasteiger partial charge in [-0.3, -0.25) is 9.59 Å². The van der Waals surface area contributed by atoms with Gasteiger partial charge in [0.25, 0.3) is 11.8 Å². The molecular weight excluding hydrogens is 403 g/mol. The van der Waals surface area contributed by atoms with Crippen molar-refractivity contribution in [2.24, 2.45) is 0 Å². The van der Waals surface area contributed by atoms with Crippen LogP contribution in [0.3, 0.4) is 0 Å². The normalized spacial score (nSPS) is 10.4. The van der Waals surface area contributed by atoms with Crippen molar-refractivity contribution in [2.75, 3.05) is 5.32 Å². The van der Waals surface area contributed by atoms with E-state index in [4.69, 9.17) is 4.42 Å². The predicted octanol–water partition coefficient (Wildman–Crippen LogP) is 4.36. The zero-order chi connectivity index (χ0) is 18.5. The molecule has 0 radical (unpaired) electrons. The number of hydrogen-bond donors (Lipinski definition) is 2. The summed E-state index contributed by atoms with van der Waals surface area (Å²) in [6.45, 7) is 0.217. The Hall–Kier alpha value is -2.93. The van der Waals surface area contributed by atoms with Crippen LogP contribution in [0.2, 0.25) is 0 Å². The Bertz CT molecular complexity index is 942. The molecule has 0 spiro atoms. The molecule has 0 aliphatic carbocycles. The Balaban J connectivity index is 1.77. The average Bonchev–Trinajstić information content (AvgIpc) is 3.15. The maximum atomic E-state index is 13.9. The molecule has 0 bridgehead atoms. The summed E-state index contributed by atoms with van der Waals surface area (Å²) in [5.41, 5.74) is 0.432. The first-order valence-corrected chi connectivity index (χ1v) is 8.50. The van der Waals surface area contributed by atoms with Gasteiger partial charge >= 0.3 is 0 Å². The molecule has 0 aliphatic rings. The number of anilines is 1. The molecule has 0 saturated carbocycles. The van der Waals surface area contributed by atoms with Gasteiger partial charge < -0.3 is 15.1 Å². The fourth-order valence-corrected chi connectivity index (χ4v) is 2.69. The van der Waals surface area contributed by atoms with Gasteiger partial charge in [0.2, 0.25) is 0 Å². The van der Waals surface area contributed by atoms with E-state index >= 15 is 0 Å². The Morgan fingerprint density at radius 1 is 1.00 bits per heavy atom. The molecule has 132 valence electrons. The van der Waals surface area contributed by atoms with E-state index in [1.807, 2.05) is 0 Å². The van der Waals surface area contributed by atoms with Gasteiger partial charge in [-0.25, -0.2) is 4.39 Å². The molecule has 2 aromatic carbocycles. The third-order valence-electron chi connectivity index (χ3n) is 3.60. The number of hydrogen-bond acceptors (Lipinski definition) is 3. The molecule has 1 heterocycles. The van der Waals surface area contributed by atoms with Crippen molar-refractivity contribution in [2.45, 2.75) is 6.54 Å². The highest BCUT2D eigenvalue weighted by Gasteiger charge is 2.17. The Kier molecular flexibility index (Phi) is 5.48. The Morgan fingerprint density at radius 2 is 1.81 bits per heavy atom. The maximum absolute atomic E-state index is 13.9. The van der Waals surface area contributed by atoms with Crippen molar-refractivity contribution in [1.82, 2.24) is 5.32 Å². The molecule has 3 aromatic rings. The van der Waals surface area contributed by atoms with Crippen LogP contribution in [0.25, 0.3) is 0 Å². The molecule has 26 heavy (non-hydrogen) atoms. The van der Waals surface area contributed by atoms with Gasteiger partial charge in [-0.15, -0.1) is 0 Å². The number of halogens is 2. The predicted molar refractivity (Wildman–Crippen MR) is 98.4 cm³/mol. The van der Waals surface area contributed by atoms with Crippen LogP contribution in [0, 0.1) is 5.82 Å². The van der Waals surface area contributed by atoms with Crippen LogP contribution in [0.15, 0.2) is 69.8 Å². The highest BCUT2D eigenvalue weighted by atomic mass is 79.9. The molecule has 2 N–H and O–H groups in total. The van der Waals surface area contributed by atoms with Gasteiger partial charge in [-0.1, -0.05) is 28.1 Å². The first kappa shape index (κ1) is 17.9. The second-order valence-electron chi connectivity index (χ2n) is 5.39. The zero-order valence-electron chi connectivity index (χ0n) is 13.5. The van der Waals surface area contributed by atoms with E-state index in [-0.39, 0.29) is 29.3 Å². The SMILES string of the molecule is O=C(Nc1ccccc1C(=O)NCc1ccco1)c1cc(Br)ccc1F. The molecule has 2 amide bonds. The smallest absolute Gasteiger partial charge is 0.258 e. The summed E-state index contributed by atoms with van der Waals surface area (Å²) in [4.78, 5) is 24.8. The van der Waals surface area contributed by atoms with E-state index in [1.165, 1.54) is 24.5 Å². The van der Waals surface area contributed by atoms with Crippen LogP contribution in [-0.2, 0) is 6.54 Å². The lowest BCUT2D eigenvalue weighted by Gasteiger charge is -2.11. The van der Waals surface area contributed by atoms with E-state index in [2.05, 4.69) is 26.6 Å². The fraction of sp³-hybridized carbons (Fsp3) is 0.0526. The first-order chi connectivity index (χ1) is 12.5. The lowest BCUT2D eigenvalue weighted by atomic mass is 10.1. The minimum atomic E-state index is -0.648. The fourth-order valence-electron chi connectivity index (χ4n) is 2.33. The summed E-state index contributed by atoms with van der Waals surface area (Å²) in [6.07, 6.45) is 1.52. The van der Waals surface area contributed by atoms with Crippen LogP contribution in [0.5, 0.6) is 0 Å². The zero-order valence-corrected chi connectivity index (χ0v) is 15.0. The van der Waals surface area contributed by atoms with Gasteiger partial charge in [-0.2, -0.15) is 0 Å². The Labute approximate surface area is 157 Å². The number of nitrogens with one attached hydrogen (secondary N) is 2. The summed E-state index contributed by atoms with van der Waals surface area (Å²) in [5.74, 6) is -1.07. The van der Waals surface area contributed by atoms with Gasteiger partial charge in [-0.05, 0) is 42.5 Å². The number of rotatable bonds is 5. The van der Waals surface area contributed by atoms with Gasteiger partial charge in [0.15, 0.2) is 0 Å². The van der Waals surface area contributed by atoms with Crippen molar-refractivity contribution in [1.29, 1.82) is 0 Å². The molecule has 0 aliphatic heterocycles. The lowest BCUT2D eigenvalue weighted by Crippen LogP contribution is -2.24. The summed E-state index contributed by atoms with van der Waals surface area (Å²) < 4.78 is 19.6. The maximum Gasteiger partial charge on any atom is 0.258 e. The molecule has 3 rings (SSSR count). The molecule has 0 fully saturated rings. The molecule has 7 heteroatoms. The van der Waals surface area contributed by atoms with Crippen molar-refractivity contribution in [3.63, 3.8) is 0 Å². The topological polar surface area (TPSA) is 71.3 Å². The van der Waals surface area contributed by atoms with Crippen molar-refractivity contribution >= 4 is 33.4 Å². The number of carbonyl (C=O) groups excluding carboxylic acids is 2. The molecule has 5 nitrogen and oxygen atoms in total. The van der Waals surface area contributed by atoms with E-state index in [9.17, 15) is 14.0 Å². The van der Waals surface area contributed by atoms with Crippen LogP contribution < -0.4 is 10.6 Å². The van der Waals surface area contributed by atoms with Crippen LogP contribution in [-0.4, -0.2) is 11.8 Å². The first-order valence-electron chi connectivity index (χ1n) is 7.70. The molecule has 0 unspecified atom stereocenters. The third kappa shape index (κ3) is 4.18. The number of carbonyl (C=O) groups is 2. The monoisotopic (exact) mass is 416 g/mol. The minimum absolute atomic E-state index is 0.120. The minimum Gasteiger partial charge on any atom is -0.467 e. The second-order valence-corrected chi connectivity index (χ2v) is 6.30. The average molecular weight is 417 g/mol. The van der Waals surface area contributed by atoms with E-state index < -0.39 is 11.7 Å². The van der Waals surface area contributed by atoms with E-state index in [0.717, 1.165) is 0 Å². The highest BCUT2D eigenvalue weighted by molar-refractivity contribution is 9.10. The van der Waals surface area contributed by atoms with Crippen LogP contribution in [0.1, 0.15) is 26.5 Å². The lowest BCUT2D eigenvalue weighted by molar-refractivity contribution is 0.0949. The number of benzene rings is 2. The molecule has 0 saturated heterocycles. The number of furan rings is 1. The van der Waals surface area contributed by atoms with E-state index in [0.29, 0.717) is 10.2 Å². The summed E-state index contributed by atoms with van der Waals surface area (Å²) in [7, 11) is 0. The van der Waals surface area contributed by atoms with Gasteiger partial charge in [0.05, 0.1) is 29.6 Å². The second kappa shape index (κ2) is 7.97. The summed E-state index contributed by atoms with van der Waals surface area (Å²) in [6, 6.07) is 14.0. The molecular formula is C19H14BrFN2O3. The summed E-state index contributed by atoms with van der Waals surface area (Å²) in [5, 5.41) is 5.29. The van der Waals surface area contributed by atoms with Crippen molar-refractivity contribution in [3.8, 4) is 0 Å². The highest BCUT2D eigenvalue weighted by Crippen LogP contribution is 2.20. The number of amides is 2. The summed E-state index contributed by atoms with van der Waals surface area (Å²) >= 11 is 3.21. The standard InChI is InChI=1S/C19H14BrFN2O3/c20-12-7-8-16(21)15(10-12)19(25)23-17-6-2-1-5-14(17)18(24)22-11-13-4-3-9-26-13/h1-10H,11H2,(H,22,24)(H,23,25). The molecule has 1 aromatic heterocycles.